The number of amides is 1. The fourth-order valence-corrected chi connectivity index (χ4v) is 2.46. The molecule has 0 atom stereocenters. The molecule has 25 heavy (non-hydrogen) atoms. The van der Waals surface area contributed by atoms with Crippen molar-refractivity contribution >= 4 is 44.6 Å². The second-order valence-electron chi connectivity index (χ2n) is 5.02. The van der Waals surface area contributed by atoms with Gasteiger partial charge in [0.25, 0.3) is 0 Å². The lowest BCUT2D eigenvalue weighted by Gasteiger charge is -1.95. The number of halogens is 1. The van der Waals surface area contributed by atoms with E-state index in [4.69, 9.17) is 4.84 Å². The van der Waals surface area contributed by atoms with Crippen molar-refractivity contribution in [3.05, 3.63) is 58.6 Å². The number of carbonyl (C=O) groups is 1. The molecule has 1 heterocycles. The number of aromatic nitrogens is 1. The van der Waals surface area contributed by atoms with Crippen molar-refractivity contribution in [3.63, 3.8) is 0 Å². The Morgan fingerprint density at radius 2 is 2.04 bits per heavy atom. The summed E-state index contributed by atoms with van der Waals surface area (Å²) in [5.74, 6) is -0.776. The predicted molar refractivity (Wildman–Crippen MR) is 97.2 cm³/mol. The highest BCUT2D eigenvalue weighted by Gasteiger charge is 2.11. The van der Waals surface area contributed by atoms with Crippen LogP contribution in [-0.4, -0.2) is 28.8 Å². The van der Waals surface area contributed by atoms with Crippen LogP contribution >= 0.6 is 15.9 Å². The van der Waals surface area contributed by atoms with E-state index >= 15 is 0 Å². The van der Waals surface area contributed by atoms with E-state index in [0.717, 1.165) is 10.0 Å². The van der Waals surface area contributed by atoms with Crippen LogP contribution < -0.4 is 0 Å². The van der Waals surface area contributed by atoms with Gasteiger partial charge < -0.3 is 14.9 Å². The minimum absolute atomic E-state index is 0.160. The second-order valence-corrected chi connectivity index (χ2v) is 5.94. The predicted octanol–water partition coefficient (Wildman–Crippen LogP) is 4.30. The third-order valence-electron chi connectivity index (χ3n) is 3.24. The summed E-state index contributed by atoms with van der Waals surface area (Å²) >= 11 is 3.35. The Labute approximate surface area is 151 Å². The van der Waals surface area contributed by atoms with Crippen molar-refractivity contribution < 1.29 is 14.7 Å². The standard InChI is InChI=1S/C17H13BrN4O3/c18-12-6-7-14-13(8-12)16(17(24)20-14)22-21-15(23)10-25-19-9-11-4-2-1-3-5-11/h1-9,20,24H,10H2/b19-9-,22-21?. The van der Waals surface area contributed by atoms with Crippen molar-refractivity contribution in [1.29, 1.82) is 0 Å². The summed E-state index contributed by atoms with van der Waals surface area (Å²) in [6.07, 6.45) is 1.49. The minimum atomic E-state index is -0.617. The lowest BCUT2D eigenvalue weighted by molar-refractivity contribution is -0.122. The molecule has 2 N–H and O–H groups in total. The summed E-state index contributed by atoms with van der Waals surface area (Å²) < 4.78 is 0.820. The number of hydrogen-bond acceptors (Lipinski definition) is 5. The lowest BCUT2D eigenvalue weighted by Crippen LogP contribution is -2.01. The van der Waals surface area contributed by atoms with E-state index in [1.54, 1.807) is 12.1 Å². The number of hydrogen-bond donors (Lipinski definition) is 2. The molecule has 3 rings (SSSR count). The molecule has 0 unspecified atom stereocenters. The van der Waals surface area contributed by atoms with Gasteiger partial charge in [0.1, 0.15) is 0 Å². The molecule has 0 aliphatic carbocycles. The number of nitrogens with zero attached hydrogens (tertiary/aromatic N) is 3. The lowest BCUT2D eigenvalue weighted by atomic mass is 10.2. The fraction of sp³-hybridized carbons (Fsp3) is 0.0588. The summed E-state index contributed by atoms with van der Waals surface area (Å²) in [6, 6.07) is 14.7. The van der Waals surface area contributed by atoms with E-state index in [1.807, 2.05) is 36.4 Å². The van der Waals surface area contributed by atoms with Crippen molar-refractivity contribution in [2.45, 2.75) is 0 Å². The second kappa shape index (κ2) is 7.71. The van der Waals surface area contributed by atoms with Gasteiger partial charge in [-0.05, 0) is 23.8 Å². The van der Waals surface area contributed by atoms with Crippen molar-refractivity contribution in [3.8, 4) is 5.88 Å². The van der Waals surface area contributed by atoms with Crippen LogP contribution in [0.4, 0.5) is 5.69 Å². The van der Waals surface area contributed by atoms with Crippen LogP contribution in [-0.2, 0) is 9.63 Å². The molecule has 0 radical (unpaired) electrons. The van der Waals surface area contributed by atoms with Crippen LogP contribution in [0.1, 0.15) is 5.56 Å². The molecule has 2 aromatic carbocycles. The van der Waals surface area contributed by atoms with Crippen LogP contribution in [0.5, 0.6) is 5.88 Å². The average Bonchev–Trinajstić information content (AvgIpc) is 2.92. The summed E-state index contributed by atoms with van der Waals surface area (Å²) in [5.41, 5.74) is 1.73. The molecule has 0 bridgehead atoms. The highest BCUT2D eigenvalue weighted by Crippen LogP contribution is 2.36. The molecule has 0 aliphatic heterocycles. The van der Waals surface area contributed by atoms with Crippen LogP contribution in [0.25, 0.3) is 10.9 Å². The number of rotatable bonds is 5. The summed E-state index contributed by atoms with van der Waals surface area (Å²) in [4.78, 5) is 19.4. The maximum atomic E-state index is 11.7. The molecule has 0 saturated heterocycles. The Kier molecular flexibility index (Phi) is 5.20. The first-order valence-electron chi connectivity index (χ1n) is 7.28. The summed E-state index contributed by atoms with van der Waals surface area (Å²) in [7, 11) is 0. The van der Waals surface area contributed by atoms with Crippen molar-refractivity contribution in [2.24, 2.45) is 15.4 Å². The van der Waals surface area contributed by atoms with Gasteiger partial charge in [0.15, 0.2) is 12.3 Å². The number of carbonyl (C=O) groups excluding carboxylic acids is 1. The number of aromatic amines is 1. The summed E-state index contributed by atoms with van der Waals surface area (Å²) in [5, 5.41) is 21.6. The summed E-state index contributed by atoms with van der Waals surface area (Å²) in [6.45, 7) is -0.348. The maximum absolute atomic E-state index is 11.7. The first kappa shape index (κ1) is 16.8. The van der Waals surface area contributed by atoms with E-state index < -0.39 is 5.91 Å². The van der Waals surface area contributed by atoms with Gasteiger partial charge in [-0.3, -0.25) is 4.79 Å². The third-order valence-corrected chi connectivity index (χ3v) is 3.73. The number of benzene rings is 2. The van der Waals surface area contributed by atoms with E-state index in [2.05, 4.69) is 36.3 Å². The van der Waals surface area contributed by atoms with E-state index in [-0.39, 0.29) is 18.2 Å². The van der Waals surface area contributed by atoms with Crippen LogP contribution in [0.3, 0.4) is 0 Å². The fourth-order valence-electron chi connectivity index (χ4n) is 2.10. The van der Waals surface area contributed by atoms with Crippen LogP contribution in [0.2, 0.25) is 0 Å². The molecule has 1 aromatic heterocycles. The van der Waals surface area contributed by atoms with Gasteiger partial charge in [-0.25, -0.2) is 0 Å². The Morgan fingerprint density at radius 3 is 2.84 bits per heavy atom. The zero-order valence-electron chi connectivity index (χ0n) is 12.9. The monoisotopic (exact) mass is 400 g/mol. The molecular weight excluding hydrogens is 388 g/mol. The van der Waals surface area contributed by atoms with Gasteiger partial charge >= 0.3 is 5.91 Å². The van der Waals surface area contributed by atoms with E-state index in [9.17, 15) is 9.90 Å². The normalized spacial score (nSPS) is 11.6. The van der Waals surface area contributed by atoms with Gasteiger partial charge in [0.2, 0.25) is 5.88 Å². The van der Waals surface area contributed by atoms with E-state index in [0.29, 0.717) is 10.9 Å². The Hall–Kier alpha value is -3.00. The van der Waals surface area contributed by atoms with Gasteiger partial charge in [-0.15, -0.1) is 10.2 Å². The number of fused-ring (bicyclic) bond motifs is 1. The van der Waals surface area contributed by atoms with Gasteiger partial charge in [0, 0.05) is 9.86 Å². The SMILES string of the molecule is O=C(CO/N=C\c1ccccc1)N=Nc1c(O)[nH]c2ccc(Br)cc12. The van der Waals surface area contributed by atoms with Gasteiger partial charge in [-0.2, -0.15) is 0 Å². The number of H-pyrrole nitrogens is 1. The Morgan fingerprint density at radius 1 is 1.24 bits per heavy atom. The first-order valence-corrected chi connectivity index (χ1v) is 8.08. The largest absolute Gasteiger partial charge is 0.493 e. The molecule has 8 heteroatoms. The molecule has 0 fully saturated rings. The minimum Gasteiger partial charge on any atom is -0.493 e. The number of nitrogens with one attached hydrogen (secondary N) is 1. The first-order chi connectivity index (χ1) is 12.1. The highest BCUT2D eigenvalue weighted by atomic mass is 79.9. The smallest absolute Gasteiger partial charge is 0.304 e. The molecule has 7 nitrogen and oxygen atoms in total. The number of oxime groups is 1. The molecule has 0 spiro atoms. The average molecular weight is 401 g/mol. The zero-order chi connectivity index (χ0) is 17.6. The number of azo groups is 1. The molecule has 0 aliphatic rings. The topological polar surface area (TPSA) is 99.4 Å². The van der Waals surface area contributed by atoms with Crippen LogP contribution in [0, 0.1) is 0 Å². The molecule has 0 saturated carbocycles. The molecule has 3 aromatic rings. The zero-order valence-corrected chi connectivity index (χ0v) is 14.5. The molecular formula is C17H13BrN4O3. The van der Waals surface area contributed by atoms with Gasteiger partial charge in [-0.1, -0.05) is 51.4 Å². The van der Waals surface area contributed by atoms with E-state index in [1.165, 1.54) is 6.21 Å². The van der Waals surface area contributed by atoms with Crippen molar-refractivity contribution in [2.75, 3.05) is 6.61 Å². The third kappa shape index (κ3) is 4.30. The maximum Gasteiger partial charge on any atom is 0.304 e. The Balaban J connectivity index is 1.62. The molecule has 126 valence electrons. The number of aromatic hydroxyl groups is 1. The van der Waals surface area contributed by atoms with Crippen LogP contribution in [0.15, 0.2) is 68.4 Å². The quantitative estimate of drug-likeness (QED) is 0.379. The van der Waals surface area contributed by atoms with Crippen molar-refractivity contribution in [1.82, 2.24) is 4.98 Å². The Bertz CT molecular complexity index is 951. The highest BCUT2D eigenvalue weighted by molar-refractivity contribution is 9.10. The van der Waals surface area contributed by atoms with Gasteiger partial charge in [0.05, 0.1) is 11.7 Å². The molecule has 1 amide bonds.